The Kier molecular flexibility index (Phi) is 10.5. The van der Waals surface area contributed by atoms with Crippen molar-refractivity contribution >= 4 is 11.4 Å². The lowest BCUT2D eigenvalue weighted by Crippen LogP contribution is -2.34. The molecule has 0 unspecified atom stereocenters. The third-order valence-corrected chi connectivity index (χ3v) is 4.83. The Morgan fingerprint density at radius 3 is 1.36 bits per heavy atom. The van der Waals surface area contributed by atoms with Crippen LogP contribution >= 0.6 is 0 Å². The fourth-order valence-electron chi connectivity index (χ4n) is 3.12. The lowest BCUT2D eigenvalue weighted by atomic mass is 10.1. The maximum Gasteiger partial charge on any atom is 0.417 e. The Labute approximate surface area is 214 Å². The minimum atomic E-state index is -4.79. The van der Waals surface area contributed by atoms with Gasteiger partial charge >= 0.3 is 24.7 Å². The van der Waals surface area contributed by atoms with Crippen molar-refractivity contribution < 1.29 is 52.7 Å². The van der Waals surface area contributed by atoms with E-state index in [1.165, 1.54) is 19.1 Å². The fourth-order valence-corrected chi connectivity index (χ4v) is 3.12. The number of nitrogens with zero attached hydrogens (tertiary/aromatic N) is 4. The van der Waals surface area contributed by atoms with Crippen LogP contribution in [0.15, 0.2) is 36.4 Å². The number of halogens is 12. The molecule has 0 N–H and O–H groups in total. The summed E-state index contributed by atoms with van der Waals surface area (Å²) in [5.41, 5.74) is -4.22. The molecule has 0 atom stereocenters. The molecule has 2 rings (SSSR count). The summed E-state index contributed by atoms with van der Waals surface area (Å²) in [5.74, 6) is 0. The summed E-state index contributed by atoms with van der Waals surface area (Å²) in [4.78, 5) is 1.40. The van der Waals surface area contributed by atoms with E-state index in [9.17, 15) is 52.7 Å². The van der Waals surface area contributed by atoms with Crippen molar-refractivity contribution in [3.63, 3.8) is 0 Å². The van der Waals surface area contributed by atoms with E-state index in [2.05, 4.69) is 0 Å². The number of rotatable bonds is 5. The predicted molar refractivity (Wildman–Crippen MR) is 116 cm³/mol. The minimum Gasteiger partial charge on any atom is -0.366 e. The van der Waals surface area contributed by atoms with E-state index in [-0.39, 0.29) is 17.9 Å². The molecule has 0 heterocycles. The van der Waals surface area contributed by atoms with E-state index < -0.39 is 60.0 Å². The molecule has 0 aliphatic carbocycles. The molecule has 2 aromatic carbocycles. The van der Waals surface area contributed by atoms with E-state index in [1.807, 2.05) is 0 Å². The average molecular weight is 578 g/mol. The quantitative estimate of drug-likeness (QED) is 0.344. The second-order valence-corrected chi connectivity index (χ2v) is 7.78. The van der Waals surface area contributed by atoms with Gasteiger partial charge in [0.05, 0.1) is 34.4 Å². The van der Waals surface area contributed by atoms with Crippen molar-refractivity contribution in [1.82, 2.24) is 0 Å². The summed E-state index contributed by atoms with van der Waals surface area (Å²) >= 11 is 0. The highest BCUT2D eigenvalue weighted by atomic mass is 19.4. The second-order valence-electron chi connectivity index (χ2n) is 7.78. The first kappa shape index (κ1) is 33.2. The second kappa shape index (κ2) is 12.4. The highest BCUT2D eigenvalue weighted by molar-refractivity contribution is 5.55. The fraction of sp³-hybridized carbons (Fsp3) is 0.391. The molecule has 0 radical (unpaired) electrons. The topological polar surface area (TPSA) is 54.1 Å². The highest BCUT2D eigenvalue weighted by Gasteiger charge is 2.36. The van der Waals surface area contributed by atoms with Crippen LogP contribution in [-0.2, 0) is 12.4 Å². The van der Waals surface area contributed by atoms with Gasteiger partial charge in [0.2, 0.25) is 0 Å². The Hall–Kier alpha value is -3.82. The summed E-state index contributed by atoms with van der Waals surface area (Å²) in [6, 6.07) is 7.66. The molecule has 0 aliphatic heterocycles. The first-order valence-corrected chi connectivity index (χ1v) is 10.4. The van der Waals surface area contributed by atoms with Gasteiger partial charge in [-0.05, 0) is 43.3 Å². The van der Waals surface area contributed by atoms with Gasteiger partial charge in [-0.3, -0.25) is 0 Å². The van der Waals surface area contributed by atoms with Crippen LogP contribution in [0, 0.1) is 22.7 Å². The number of hydrogen-bond donors (Lipinski definition) is 0. The van der Waals surface area contributed by atoms with Crippen LogP contribution in [0.25, 0.3) is 0 Å². The Balaban J connectivity index is 0.000000391. The zero-order valence-corrected chi connectivity index (χ0v) is 19.9. The summed E-state index contributed by atoms with van der Waals surface area (Å²) in [6.45, 7) is -1.44. The van der Waals surface area contributed by atoms with E-state index >= 15 is 0 Å². The molecule has 0 amide bonds. The van der Waals surface area contributed by atoms with Crippen molar-refractivity contribution in [2.45, 2.75) is 31.6 Å². The summed E-state index contributed by atoms with van der Waals surface area (Å²) in [6.07, 6.45) is -18.6. The Morgan fingerprint density at radius 2 is 1.03 bits per heavy atom. The number of hydrogen-bond acceptors (Lipinski definition) is 4. The maximum absolute atomic E-state index is 12.7. The molecule has 0 saturated heterocycles. The van der Waals surface area contributed by atoms with Gasteiger partial charge in [-0.2, -0.15) is 63.2 Å². The van der Waals surface area contributed by atoms with Crippen LogP contribution in [0.3, 0.4) is 0 Å². The first-order valence-electron chi connectivity index (χ1n) is 10.4. The summed E-state index contributed by atoms with van der Waals surface area (Å²) in [7, 11) is 1.02. The smallest absolute Gasteiger partial charge is 0.366 e. The first-order chi connectivity index (χ1) is 17.6. The number of alkyl halides is 12. The lowest BCUT2D eigenvalue weighted by Gasteiger charge is -2.25. The monoisotopic (exact) mass is 578 g/mol. The van der Waals surface area contributed by atoms with Gasteiger partial charge in [0, 0.05) is 25.0 Å². The van der Waals surface area contributed by atoms with Crippen LogP contribution in [0.5, 0.6) is 0 Å². The van der Waals surface area contributed by atoms with E-state index in [4.69, 9.17) is 10.5 Å². The highest BCUT2D eigenvalue weighted by Crippen LogP contribution is 2.36. The average Bonchev–Trinajstić information content (AvgIpc) is 2.79. The standard InChI is InChI=1S/C12H10F6N2.C11H8F6N2/c1-2-20(7-11(13,14)15)9-4-3-8(6-19)10(5-9)12(16,17)18;1-19(6-10(12,13)14)8-3-2-7(5-18)9(4-8)11(15,16)17/h3-5H,2,7H2,1H3;2-4H,6H2,1H3. The molecule has 2 aromatic rings. The minimum absolute atomic E-state index is 0.108. The normalized spacial score (nSPS) is 12.1. The molecule has 4 nitrogen and oxygen atoms in total. The number of benzene rings is 2. The third kappa shape index (κ3) is 10.5. The van der Waals surface area contributed by atoms with Crippen molar-refractivity contribution in [3.8, 4) is 12.1 Å². The largest absolute Gasteiger partial charge is 0.417 e. The van der Waals surface area contributed by atoms with Crippen molar-refractivity contribution in [2.24, 2.45) is 0 Å². The van der Waals surface area contributed by atoms with Gasteiger partial charge in [0.1, 0.15) is 13.1 Å². The Morgan fingerprint density at radius 1 is 0.641 bits per heavy atom. The molecular formula is C23H18F12N4. The predicted octanol–water partition coefficient (Wildman–Crippen LogP) is 7.54. The molecule has 0 aliphatic rings. The van der Waals surface area contributed by atoms with Crippen LogP contribution in [0.4, 0.5) is 64.1 Å². The van der Waals surface area contributed by atoms with Gasteiger partial charge in [-0.1, -0.05) is 0 Å². The van der Waals surface area contributed by atoms with E-state index in [0.29, 0.717) is 17.0 Å². The van der Waals surface area contributed by atoms with Crippen molar-refractivity contribution in [1.29, 1.82) is 10.5 Å². The molecule has 0 aromatic heterocycles. The van der Waals surface area contributed by atoms with E-state index in [0.717, 1.165) is 36.2 Å². The molecule has 0 bridgehead atoms. The molecule has 39 heavy (non-hydrogen) atoms. The zero-order valence-electron chi connectivity index (χ0n) is 19.9. The van der Waals surface area contributed by atoms with E-state index in [1.54, 1.807) is 0 Å². The summed E-state index contributed by atoms with van der Waals surface area (Å²) in [5, 5.41) is 17.2. The molecule has 0 spiro atoms. The van der Waals surface area contributed by atoms with Crippen LogP contribution in [0.2, 0.25) is 0 Å². The van der Waals surface area contributed by atoms with Gasteiger partial charge in [-0.15, -0.1) is 0 Å². The van der Waals surface area contributed by atoms with Gasteiger partial charge in [0.25, 0.3) is 0 Å². The maximum atomic E-state index is 12.7. The molecule has 0 saturated carbocycles. The number of anilines is 2. The molecular weight excluding hydrogens is 560 g/mol. The third-order valence-electron chi connectivity index (χ3n) is 4.83. The van der Waals surface area contributed by atoms with Gasteiger partial charge < -0.3 is 9.80 Å². The van der Waals surface area contributed by atoms with Gasteiger partial charge in [0.15, 0.2) is 0 Å². The lowest BCUT2D eigenvalue weighted by molar-refractivity contribution is -0.138. The molecule has 0 fully saturated rings. The SMILES string of the molecule is CCN(CC(F)(F)F)c1ccc(C#N)c(C(F)(F)F)c1.CN(CC(F)(F)F)c1ccc(C#N)c(C(F)(F)F)c1. The molecule has 16 heteroatoms. The zero-order chi connectivity index (χ0) is 30.4. The summed E-state index contributed by atoms with van der Waals surface area (Å²) < 4.78 is 150. The van der Waals surface area contributed by atoms with Crippen LogP contribution in [0.1, 0.15) is 29.2 Å². The van der Waals surface area contributed by atoms with Crippen LogP contribution in [-0.4, -0.2) is 39.0 Å². The Bertz CT molecular complexity index is 1200. The van der Waals surface area contributed by atoms with Crippen molar-refractivity contribution in [3.05, 3.63) is 58.7 Å². The van der Waals surface area contributed by atoms with Crippen molar-refractivity contribution in [2.75, 3.05) is 36.5 Å². The van der Waals surface area contributed by atoms with Crippen LogP contribution < -0.4 is 9.80 Å². The molecule has 214 valence electrons. The number of nitriles is 2. The van der Waals surface area contributed by atoms with Gasteiger partial charge in [-0.25, -0.2) is 0 Å².